The first kappa shape index (κ1) is 16.3. The average Bonchev–Trinajstić information content (AvgIpc) is 2.53. The maximum Gasteiger partial charge on any atom is 0.410 e. The van der Waals surface area contributed by atoms with E-state index < -0.39 is 0 Å². The minimum atomic E-state index is -0.306. The average molecular weight is 304 g/mol. The van der Waals surface area contributed by atoms with Gasteiger partial charge in [0, 0.05) is 32.6 Å². The van der Waals surface area contributed by atoms with Crippen molar-refractivity contribution in [3.05, 3.63) is 35.9 Å². The van der Waals surface area contributed by atoms with Gasteiger partial charge in [-0.2, -0.15) is 0 Å². The topological polar surface area (TPSA) is 49.9 Å². The van der Waals surface area contributed by atoms with Gasteiger partial charge in [0.2, 0.25) is 5.91 Å². The molecule has 0 unspecified atom stereocenters. The van der Waals surface area contributed by atoms with Crippen LogP contribution in [0.25, 0.3) is 0 Å². The van der Waals surface area contributed by atoms with Crippen LogP contribution in [0.4, 0.5) is 4.79 Å². The molecule has 2 amide bonds. The molecule has 1 fully saturated rings. The smallest absolute Gasteiger partial charge is 0.410 e. The standard InChI is InChI=1S/C17H24N2O3/c1-14(2)12-16(20)18-8-10-19(11-9-18)17(21)22-13-15-6-4-3-5-7-15/h3-7,14H,8-13H2,1-2H3. The lowest BCUT2D eigenvalue weighted by Crippen LogP contribution is -2.50. The molecule has 5 nitrogen and oxygen atoms in total. The largest absolute Gasteiger partial charge is 0.445 e. The van der Waals surface area contributed by atoms with E-state index in [2.05, 4.69) is 0 Å². The van der Waals surface area contributed by atoms with Gasteiger partial charge < -0.3 is 14.5 Å². The number of carbonyl (C=O) groups excluding carboxylic acids is 2. The first-order valence-corrected chi connectivity index (χ1v) is 7.79. The highest BCUT2D eigenvalue weighted by molar-refractivity contribution is 5.77. The Balaban J connectivity index is 1.74. The fraction of sp³-hybridized carbons (Fsp3) is 0.529. The van der Waals surface area contributed by atoms with Crippen LogP contribution < -0.4 is 0 Å². The van der Waals surface area contributed by atoms with Crippen molar-refractivity contribution in [1.82, 2.24) is 9.80 Å². The molecule has 1 aromatic rings. The maximum atomic E-state index is 12.0. The molecule has 2 rings (SSSR count). The second kappa shape index (κ2) is 7.82. The van der Waals surface area contributed by atoms with Crippen molar-refractivity contribution in [2.75, 3.05) is 26.2 Å². The fourth-order valence-corrected chi connectivity index (χ4v) is 2.43. The Hall–Kier alpha value is -2.04. The molecule has 1 aliphatic rings. The van der Waals surface area contributed by atoms with E-state index in [4.69, 9.17) is 4.74 Å². The van der Waals surface area contributed by atoms with E-state index in [0.717, 1.165) is 5.56 Å². The number of hydrogen-bond acceptors (Lipinski definition) is 3. The van der Waals surface area contributed by atoms with Crippen molar-refractivity contribution in [3.8, 4) is 0 Å². The number of amides is 2. The highest BCUT2D eigenvalue weighted by Gasteiger charge is 2.25. The Kier molecular flexibility index (Phi) is 5.81. The third-order valence-corrected chi connectivity index (χ3v) is 3.68. The van der Waals surface area contributed by atoms with E-state index in [9.17, 15) is 9.59 Å². The number of nitrogens with zero attached hydrogens (tertiary/aromatic N) is 2. The Bertz CT molecular complexity index is 494. The van der Waals surface area contributed by atoms with Gasteiger partial charge in [0.25, 0.3) is 0 Å². The van der Waals surface area contributed by atoms with Crippen LogP contribution in [0.5, 0.6) is 0 Å². The third kappa shape index (κ3) is 4.76. The predicted octanol–water partition coefficient (Wildman–Crippen LogP) is 2.51. The molecular weight excluding hydrogens is 280 g/mol. The van der Waals surface area contributed by atoms with Crippen molar-refractivity contribution in [2.24, 2.45) is 5.92 Å². The molecule has 0 spiro atoms. The fourth-order valence-electron chi connectivity index (χ4n) is 2.43. The minimum absolute atomic E-state index is 0.173. The third-order valence-electron chi connectivity index (χ3n) is 3.68. The molecule has 0 saturated carbocycles. The molecular formula is C17H24N2O3. The summed E-state index contributed by atoms with van der Waals surface area (Å²) in [5, 5.41) is 0. The first-order chi connectivity index (χ1) is 10.6. The molecule has 1 saturated heterocycles. The van der Waals surface area contributed by atoms with Crippen LogP contribution in [0.2, 0.25) is 0 Å². The van der Waals surface area contributed by atoms with E-state index >= 15 is 0 Å². The van der Waals surface area contributed by atoms with Gasteiger partial charge in [-0.1, -0.05) is 44.2 Å². The number of benzene rings is 1. The number of carbonyl (C=O) groups is 2. The van der Waals surface area contributed by atoms with E-state index in [-0.39, 0.29) is 18.6 Å². The Labute approximate surface area is 131 Å². The highest BCUT2D eigenvalue weighted by Crippen LogP contribution is 2.10. The van der Waals surface area contributed by atoms with Crippen LogP contribution in [-0.2, 0) is 16.1 Å². The highest BCUT2D eigenvalue weighted by atomic mass is 16.6. The van der Waals surface area contributed by atoms with E-state index in [1.807, 2.05) is 49.1 Å². The van der Waals surface area contributed by atoms with Crippen molar-refractivity contribution in [3.63, 3.8) is 0 Å². The molecule has 1 heterocycles. The van der Waals surface area contributed by atoms with E-state index in [1.165, 1.54) is 0 Å². The molecule has 5 heteroatoms. The van der Waals surface area contributed by atoms with Crippen molar-refractivity contribution in [2.45, 2.75) is 26.9 Å². The van der Waals surface area contributed by atoms with Gasteiger partial charge in [-0.3, -0.25) is 4.79 Å². The van der Waals surface area contributed by atoms with Crippen LogP contribution in [0.1, 0.15) is 25.8 Å². The van der Waals surface area contributed by atoms with Crippen molar-refractivity contribution >= 4 is 12.0 Å². The van der Waals surface area contributed by atoms with Gasteiger partial charge in [0.05, 0.1) is 0 Å². The number of hydrogen-bond donors (Lipinski definition) is 0. The van der Waals surface area contributed by atoms with Gasteiger partial charge >= 0.3 is 6.09 Å². The summed E-state index contributed by atoms with van der Waals surface area (Å²) >= 11 is 0. The molecule has 120 valence electrons. The molecule has 0 aromatic heterocycles. The normalized spacial score (nSPS) is 15.0. The SMILES string of the molecule is CC(C)CC(=O)N1CCN(C(=O)OCc2ccccc2)CC1. The second-order valence-electron chi connectivity index (χ2n) is 6.01. The molecule has 22 heavy (non-hydrogen) atoms. The van der Waals surface area contributed by atoms with E-state index in [1.54, 1.807) is 4.90 Å². The Morgan fingerprint density at radius 3 is 2.23 bits per heavy atom. The predicted molar refractivity (Wildman–Crippen MR) is 84.2 cm³/mol. The molecule has 0 bridgehead atoms. The van der Waals surface area contributed by atoms with E-state index in [0.29, 0.717) is 38.5 Å². The quantitative estimate of drug-likeness (QED) is 0.859. The van der Waals surface area contributed by atoms with Gasteiger partial charge in [-0.25, -0.2) is 4.79 Å². The Morgan fingerprint density at radius 2 is 1.64 bits per heavy atom. The van der Waals surface area contributed by atoms with Crippen molar-refractivity contribution in [1.29, 1.82) is 0 Å². The number of rotatable bonds is 4. The summed E-state index contributed by atoms with van der Waals surface area (Å²) in [5.74, 6) is 0.536. The molecule has 0 radical (unpaired) electrons. The number of piperazine rings is 1. The lowest BCUT2D eigenvalue weighted by Gasteiger charge is -2.34. The molecule has 1 aromatic carbocycles. The molecule has 1 aliphatic heterocycles. The minimum Gasteiger partial charge on any atom is -0.445 e. The van der Waals surface area contributed by atoms with Crippen LogP contribution in [-0.4, -0.2) is 48.0 Å². The summed E-state index contributed by atoms with van der Waals surface area (Å²) in [4.78, 5) is 27.5. The van der Waals surface area contributed by atoms with Gasteiger partial charge in [-0.15, -0.1) is 0 Å². The van der Waals surface area contributed by atoms with Gasteiger partial charge in [0.15, 0.2) is 0 Å². The summed E-state index contributed by atoms with van der Waals surface area (Å²) in [6.07, 6.45) is 0.262. The van der Waals surface area contributed by atoms with Crippen LogP contribution in [0, 0.1) is 5.92 Å². The Morgan fingerprint density at radius 1 is 1.05 bits per heavy atom. The molecule has 0 N–H and O–H groups in total. The zero-order valence-electron chi connectivity index (χ0n) is 13.3. The zero-order valence-corrected chi connectivity index (χ0v) is 13.3. The van der Waals surface area contributed by atoms with Crippen LogP contribution in [0.15, 0.2) is 30.3 Å². The molecule has 0 aliphatic carbocycles. The van der Waals surface area contributed by atoms with Crippen LogP contribution in [0.3, 0.4) is 0 Å². The molecule has 0 atom stereocenters. The summed E-state index contributed by atoms with van der Waals surface area (Å²) in [6, 6.07) is 9.62. The summed E-state index contributed by atoms with van der Waals surface area (Å²) < 4.78 is 5.31. The summed E-state index contributed by atoms with van der Waals surface area (Å²) in [6.45, 7) is 6.61. The van der Waals surface area contributed by atoms with Crippen LogP contribution >= 0.6 is 0 Å². The second-order valence-corrected chi connectivity index (χ2v) is 6.01. The summed E-state index contributed by atoms with van der Waals surface area (Å²) in [7, 11) is 0. The first-order valence-electron chi connectivity index (χ1n) is 7.79. The van der Waals surface area contributed by atoms with Gasteiger partial charge in [-0.05, 0) is 11.5 Å². The maximum absolute atomic E-state index is 12.0. The lowest BCUT2D eigenvalue weighted by molar-refractivity contribution is -0.133. The lowest BCUT2D eigenvalue weighted by atomic mass is 10.1. The van der Waals surface area contributed by atoms with Crippen molar-refractivity contribution < 1.29 is 14.3 Å². The monoisotopic (exact) mass is 304 g/mol. The summed E-state index contributed by atoms with van der Waals surface area (Å²) in [5.41, 5.74) is 0.974. The van der Waals surface area contributed by atoms with Gasteiger partial charge in [0.1, 0.15) is 6.61 Å². The zero-order chi connectivity index (χ0) is 15.9. The number of ether oxygens (including phenoxy) is 1.